The second kappa shape index (κ2) is 7.41. The third-order valence-corrected chi connectivity index (χ3v) is 3.39. The van der Waals surface area contributed by atoms with Gasteiger partial charge in [-0.3, -0.25) is 4.79 Å². The number of carbonyl (C=O) groups excluding carboxylic acids is 1. The molecule has 6 nitrogen and oxygen atoms in total. The van der Waals surface area contributed by atoms with Crippen molar-refractivity contribution in [1.82, 2.24) is 0 Å². The van der Waals surface area contributed by atoms with Gasteiger partial charge in [0.1, 0.15) is 34.3 Å². The Labute approximate surface area is 139 Å². The predicted octanol–water partition coefficient (Wildman–Crippen LogP) is 3.02. The predicted molar refractivity (Wildman–Crippen MR) is 89.2 cm³/mol. The highest BCUT2D eigenvalue weighted by Gasteiger charge is 2.17. The maximum atomic E-state index is 12.4. The van der Waals surface area contributed by atoms with Crippen LogP contribution in [0, 0.1) is 0 Å². The zero-order valence-electron chi connectivity index (χ0n) is 13.6. The quantitative estimate of drug-likeness (QED) is 0.625. The van der Waals surface area contributed by atoms with E-state index in [-0.39, 0.29) is 22.8 Å². The molecule has 2 aromatic carbocycles. The van der Waals surface area contributed by atoms with Gasteiger partial charge in [0.05, 0.1) is 21.3 Å². The summed E-state index contributed by atoms with van der Waals surface area (Å²) in [7, 11) is 4.41. The van der Waals surface area contributed by atoms with Crippen molar-refractivity contribution in [3.05, 3.63) is 47.5 Å². The molecule has 6 heteroatoms. The molecule has 0 heterocycles. The van der Waals surface area contributed by atoms with Crippen molar-refractivity contribution >= 4 is 11.9 Å². The van der Waals surface area contributed by atoms with Crippen LogP contribution in [0.5, 0.6) is 28.7 Å². The van der Waals surface area contributed by atoms with E-state index in [4.69, 9.17) is 14.2 Å². The van der Waals surface area contributed by atoms with Gasteiger partial charge in [0.15, 0.2) is 5.78 Å². The van der Waals surface area contributed by atoms with Crippen molar-refractivity contribution in [1.29, 1.82) is 0 Å². The number of aromatic hydroxyl groups is 2. The molecule has 0 spiro atoms. The molecule has 2 N–H and O–H groups in total. The van der Waals surface area contributed by atoms with E-state index in [1.807, 2.05) is 0 Å². The first kappa shape index (κ1) is 17.2. The molecule has 2 aromatic rings. The second-order valence-corrected chi connectivity index (χ2v) is 4.85. The minimum absolute atomic E-state index is 0.0287. The Balaban J connectivity index is 2.35. The molecule has 0 bridgehead atoms. The summed E-state index contributed by atoms with van der Waals surface area (Å²) in [4.78, 5) is 12.4. The largest absolute Gasteiger partial charge is 0.508 e. The third kappa shape index (κ3) is 3.60. The molecule has 0 unspecified atom stereocenters. The van der Waals surface area contributed by atoms with Crippen LogP contribution in [0.15, 0.2) is 36.4 Å². The Morgan fingerprint density at radius 1 is 0.958 bits per heavy atom. The topological polar surface area (TPSA) is 85.2 Å². The lowest BCUT2D eigenvalue weighted by atomic mass is 10.1. The van der Waals surface area contributed by atoms with Crippen molar-refractivity contribution in [2.24, 2.45) is 0 Å². The number of hydrogen-bond acceptors (Lipinski definition) is 6. The van der Waals surface area contributed by atoms with Gasteiger partial charge in [-0.05, 0) is 24.3 Å². The molecule has 24 heavy (non-hydrogen) atoms. The van der Waals surface area contributed by atoms with Crippen molar-refractivity contribution in [3.63, 3.8) is 0 Å². The summed E-state index contributed by atoms with van der Waals surface area (Å²) in [5.41, 5.74) is 0.642. The Kier molecular flexibility index (Phi) is 5.31. The number of methoxy groups -OCH3 is 3. The van der Waals surface area contributed by atoms with Crippen LogP contribution in [0.25, 0.3) is 6.08 Å². The molecule has 0 radical (unpaired) electrons. The van der Waals surface area contributed by atoms with Gasteiger partial charge in [-0.1, -0.05) is 0 Å². The molecule has 0 aliphatic carbocycles. The van der Waals surface area contributed by atoms with E-state index >= 15 is 0 Å². The number of hydrogen-bond donors (Lipinski definition) is 2. The number of phenolic OH excluding ortho intramolecular Hbond substituents is 2. The third-order valence-electron chi connectivity index (χ3n) is 3.39. The average Bonchev–Trinajstić information content (AvgIpc) is 2.58. The molecule has 0 atom stereocenters. The van der Waals surface area contributed by atoms with Crippen LogP contribution in [0.2, 0.25) is 0 Å². The Morgan fingerprint density at radius 2 is 1.67 bits per heavy atom. The number of allylic oxidation sites excluding steroid dienone is 1. The molecule has 126 valence electrons. The van der Waals surface area contributed by atoms with Gasteiger partial charge in [0.2, 0.25) is 0 Å². The zero-order chi connectivity index (χ0) is 17.7. The van der Waals surface area contributed by atoms with E-state index in [1.54, 1.807) is 31.4 Å². The van der Waals surface area contributed by atoms with Crippen molar-refractivity contribution in [3.8, 4) is 28.7 Å². The van der Waals surface area contributed by atoms with Crippen LogP contribution in [0.3, 0.4) is 0 Å². The summed E-state index contributed by atoms with van der Waals surface area (Å²) >= 11 is 0. The minimum atomic E-state index is -0.470. The summed E-state index contributed by atoms with van der Waals surface area (Å²) in [6.45, 7) is 0. The van der Waals surface area contributed by atoms with Crippen LogP contribution >= 0.6 is 0 Å². The van der Waals surface area contributed by atoms with Crippen molar-refractivity contribution in [2.75, 3.05) is 21.3 Å². The first-order valence-electron chi connectivity index (χ1n) is 7.04. The fourth-order valence-corrected chi connectivity index (χ4v) is 2.20. The molecule has 0 aromatic heterocycles. The highest BCUT2D eigenvalue weighted by Crippen LogP contribution is 2.33. The molecule has 0 saturated carbocycles. The number of rotatable bonds is 6. The van der Waals surface area contributed by atoms with Gasteiger partial charge < -0.3 is 24.4 Å². The first-order valence-corrected chi connectivity index (χ1v) is 7.04. The maximum absolute atomic E-state index is 12.4. The normalized spacial score (nSPS) is 10.6. The monoisotopic (exact) mass is 330 g/mol. The maximum Gasteiger partial charge on any atom is 0.193 e. The summed E-state index contributed by atoms with van der Waals surface area (Å²) in [6.07, 6.45) is 2.85. The highest BCUT2D eigenvalue weighted by molar-refractivity contribution is 6.10. The zero-order valence-corrected chi connectivity index (χ0v) is 13.6. The van der Waals surface area contributed by atoms with Crippen LogP contribution in [0.1, 0.15) is 15.9 Å². The number of benzene rings is 2. The number of ether oxygens (including phenoxy) is 3. The molecule has 0 aliphatic heterocycles. The fourth-order valence-electron chi connectivity index (χ4n) is 2.20. The van der Waals surface area contributed by atoms with E-state index in [0.717, 1.165) is 6.07 Å². The number of ketones is 1. The number of carbonyl (C=O) groups is 1. The summed E-state index contributed by atoms with van der Waals surface area (Å²) in [6, 6.07) is 7.52. The van der Waals surface area contributed by atoms with Gasteiger partial charge in [-0.2, -0.15) is 0 Å². The SMILES string of the molecule is COc1ccc(/C=C/C(=O)c2c(O)cc(O)cc2OC)c(OC)c1. The average molecular weight is 330 g/mol. The van der Waals surface area contributed by atoms with E-state index in [2.05, 4.69) is 0 Å². The summed E-state index contributed by atoms with van der Waals surface area (Å²) in [5, 5.41) is 19.4. The summed E-state index contributed by atoms with van der Waals surface area (Å²) in [5.74, 6) is 0.240. The van der Waals surface area contributed by atoms with Crippen molar-refractivity contribution in [2.45, 2.75) is 0 Å². The Hall–Kier alpha value is -3.15. The molecular formula is C18H18O6. The van der Waals surface area contributed by atoms with Crippen molar-refractivity contribution < 1.29 is 29.2 Å². The van der Waals surface area contributed by atoms with Gasteiger partial charge >= 0.3 is 0 Å². The standard InChI is InChI=1S/C18H18O6/c1-22-13-6-4-11(16(10-13)23-2)5-7-14(20)18-15(21)8-12(19)9-17(18)24-3/h4-10,19,21H,1-3H3/b7-5+. The first-order chi connectivity index (χ1) is 11.5. The molecule has 0 saturated heterocycles. The fraction of sp³-hybridized carbons (Fsp3) is 0.167. The molecule has 0 aliphatic rings. The van der Waals surface area contributed by atoms with E-state index in [9.17, 15) is 15.0 Å². The van der Waals surface area contributed by atoms with E-state index < -0.39 is 5.78 Å². The molecule has 0 amide bonds. The summed E-state index contributed by atoms with van der Waals surface area (Å²) < 4.78 is 15.4. The lowest BCUT2D eigenvalue weighted by molar-refractivity contribution is 0.104. The van der Waals surface area contributed by atoms with Crippen LogP contribution < -0.4 is 14.2 Å². The molecular weight excluding hydrogens is 312 g/mol. The van der Waals surface area contributed by atoms with Gasteiger partial charge in [0, 0.05) is 23.8 Å². The number of phenols is 2. The Morgan fingerprint density at radius 3 is 2.29 bits per heavy atom. The minimum Gasteiger partial charge on any atom is -0.508 e. The van der Waals surface area contributed by atoms with Crippen LogP contribution in [-0.4, -0.2) is 37.3 Å². The van der Waals surface area contributed by atoms with Gasteiger partial charge in [0.25, 0.3) is 0 Å². The van der Waals surface area contributed by atoms with Crippen LogP contribution in [0.4, 0.5) is 0 Å². The highest BCUT2D eigenvalue weighted by atomic mass is 16.5. The molecule has 2 rings (SSSR count). The van der Waals surface area contributed by atoms with Gasteiger partial charge in [-0.15, -0.1) is 0 Å². The van der Waals surface area contributed by atoms with E-state index in [0.29, 0.717) is 17.1 Å². The second-order valence-electron chi connectivity index (χ2n) is 4.85. The molecule has 0 fully saturated rings. The van der Waals surface area contributed by atoms with Gasteiger partial charge in [-0.25, -0.2) is 0 Å². The Bertz CT molecular complexity index is 779. The van der Waals surface area contributed by atoms with Crippen LogP contribution in [-0.2, 0) is 0 Å². The van der Waals surface area contributed by atoms with E-state index in [1.165, 1.54) is 26.4 Å². The lowest BCUT2D eigenvalue weighted by Gasteiger charge is -2.09. The lowest BCUT2D eigenvalue weighted by Crippen LogP contribution is -1.99. The smallest absolute Gasteiger partial charge is 0.193 e.